The van der Waals surface area contributed by atoms with E-state index in [1.807, 2.05) is 0 Å². The molecule has 0 radical (unpaired) electrons. The van der Waals surface area contributed by atoms with Gasteiger partial charge in [0.1, 0.15) is 11.6 Å². The quantitative estimate of drug-likeness (QED) is 0.702. The van der Waals surface area contributed by atoms with Crippen LogP contribution in [0.1, 0.15) is 12.8 Å². The van der Waals surface area contributed by atoms with Gasteiger partial charge in [-0.2, -0.15) is 15.0 Å². The summed E-state index contributed by atoms with van der Waals surface area (Å²) in [5.41, 5.74) is 1.07. The van der Waals surface area contributed by atoms with Crippen LogP contribution in [0.3, 0.4) is 0 Å². The molecule has 1 aliphatic heterocycles. The topological polar surface area (TPSA) is 66.0 Å². The molecule has 0 unspecified atom stereocenters. The Kier molecular flexibility index (Phi) is 4.78. The van der Waals surface area contributed by atoms with Crippen molar-refractivity contribution in [3.63, 3.8) is 0 Å². The van der Waals surface area contributed by atoms with E-state index in [9.17, 15) is 8.78 Å². The van der Waals surface area contributed by atoms with E-state index < -0.39 is 0 Å². The third-order valence-electron chi connectivity index (χ3n) is 4.17. The van der Waals surface area contributed by atoms with Crippen LogP contribution in [0.25, 0.3) is 0 Å². The van der Waals surface area contributed by atoms with E-state index in [2.05, 4.69) is 30.5 Å². The fourth-order valence-corrected chi connectivity index (χ4v) is 2.93. The second-order valence-corrected chi connectivity index (χ2v) is 6.25. The summed E-state index contributed by atoms with van der Waals surface area (Å²) in [5.74, 6) is 0.395. The van der Waals surface area contributed by atoms with Crippen LogP contribution >= 0.6 is 0 Å². The first-order chi connectivity index (χ1) is 13.2. The number of anilines is 5. The van der Waals surface area contributed by atoms with E-state index in [4.69, 9.17) is 0 Å². The van der Waals surface area contributed by atoms with Crippen LogP contribution in [0.5, 0.6) is 0 Å². The monoisotopic (exact) mass is 368 g/mol. The molecule has 1 fully saturated rings. The second-order valence-electron chi connectivity index (χ2n) is 6.25. The molecule has 2 heterocycles. The predicted molar refractivity (Wildman–Crippen MR) is 101 cm³/mol. The first-order valence-corrected chi connectivity index (χ1v) is 8.72. The molecule has 2 aromatic carbocycles. The Bertz CT molecular complexity index is 877. The van der Waals surface area contributed by atoms with Crippen LogP contribution in [0, 0.1) is 11.6 Å². The number of nitrogens with one attached hydrogen (secondary N) is 2. The molecule has 138 valence electrons. The smallest absolute Gasteiger partial charge is 0.233 e. The molecule has 1 aromatic heterocycles. The van der Waals surface area contributed by atoms with Gasteiger partial charge in [-0.1, -0.05) is 12.1 Å². The van der Waals surface area contributed by atoms with Crippen molar-refractivity contribution in [2.45, 2.75) is 12.8 Å². The molecule has 1 aliphatic rings. The molecule has 1 saturated heterocycles. The second kappa shape index (κ2) is 7.53. The van der Waals surface area contributed by atoms with Crippen LogP contribution in [-0.2, 0) is 0 Å². The Morgan fingerprint density at radius 1 is 0.741 bits per heavy atom. The zero-order valence-electron chi connectivity index (χ0n) is 14.5. The first-order valence-electron chi connectivity index (χ1n) is 8.72. The molecule has 0 amide bonds. The number of hydrogen-bond donors (Lipinski definition) is 2. The summed E-state index contributed by atoms with van der Waals surface area (Å²) in [4.78, 5) is 15.3. The lowest BCUT2D eigenvalue weighted by Gasteiger charge is -2.17. The molecule has 27 heavy (non-hydrogen) atoms. The number of hydrogen-bond acceptors (Lipinski definition) is 6. The minimum atomic E-state index is -0.355. The molecule has 0 atom stereocenters. The van der Waals surface area contributed by atoms with Gasteiger partial charge < -0.3 is 15.5 Å². The number of aromatic nitrogens is 3. The van der Waals surface area contributed by atoms with Gasteiger partial charge in [0, 0.05) is 24.5 Å². The molecule has 0 saturated carbocycles. The highest BCUT2D eigenvalue weighted by molar-refractivity contribution is 5.59. The summed E-state index contributed by atoms with van der Waals surface area (Å²) in [6.07, 6.45) is 2.15. The average Bonchev–Trinajstić information content (AvgIpc) is 3.16. The standard InChI is InChI=1S/C19H18F2N6/c20-13-5-3-7-15(11-13)22-17-24-18(23-16-8-4-6-14(21)12-16)26-19(25-17)27-9-1-2-10-27/h3-8,11-12H,1-2,9-10H2,(H2,22,23,24,25,26). The summed E-state index contributed by atoms with van der Waals surface area (Å²) in [7, 11) is 0. The Morgan fingerprint density at radius 3 is 1.74 bits per heavy atom. The maximum absolute atomic E-state index is 13.5. The molecule has 3 aromatic rings. The SMILES string of the molecule is Fc1cccc(Nc2nc(Nc3cccc(F)c3)nc(N3CCCC3)n2)c1. The van der Waals surface area contributed by atoms with Crippen LogP contribution in [-0.4, -0.2) is 28.0 Å². The number of rotatable bonds is 5. The summed E-state index contributed by atoms with van der Waals surface area (Å²) in [5, 5.41) is 6.01. The van der Waals surface area contributed by atoms with Gasteiger partial charge in [0.05, 0.1) is 0 Å². The summed E-state index contributed by atoms with van der Waals surface area (Å²) < 4.78 is 26.9. The molecule has 0 aliphatic carbocycles. The van der Waals surface area contributed by atoms with E-state index in [0.29, 0.717) is 17.3 Å². The molecule has 0 bridgehead atoms. The first kappa shape index (κ1) is 17.1. The van der Waals surface area contributed by atoms with Crippen molar-refractivity contribution in [2.24, 2.45) is 0 Å². The fraction of sp³-hybridized carbons (Fsp3) is 0.211. The van der Waals surface area contributed by atoms with Crippen molar-refractivity contribution in [2.75, 3.05) is 28.6 Å². The third kappa shape index (κ3) is 4.28. The lowest BCUT2D eigenvalue weighted by Crippen LogP contribution is -2.21. The molecule has 2 N–H and O–H groups in total. The minimum absolute atomic E-state index is 0.288. The number of benzene rings is 2. The lowest BCUT2D eigenvalue weighted by atomic mass is 10.3. The van der Waals surface area contributed by atoms with Crippen LogP contribution in [0.2, 0.25) is 0 Å². The third-order valence-corrected chi connectivity index (χ3v) is 4.17. The molecule has 6 nitrogen and oxygen atoms in total. The largest absolute Gasteiger partial charge is 0.341 e. The zero-order valence-corrected chi connectivity index (χ0v) is 14.5. The van der Waals surface area contributed by atoms with Gasteiger partial charge in [-0.3, -0.25) is 0 Å². The van der Waals surface area contributed by atoms with Gasteiger partial charge in [0.25, 0.3) is 0 Å². The number of nitrogens with zero attached hydrogens (tertiary/aromatic N) is 4. The van der Waals surface area contributed by atoms with Gasteiger partial charge >= 0.3 is 0 Å². The van der Waals surface area contributed by atoms with Crippen molar-refractivity contribution in [1.29, 1.82) is 0 Å². The molecular formula is C19H18F2N6. The van der Waals surface area contributed by atoms with Gasteiger partial charge in [-0.15, -0.1) is 0 Å². The van der Waals surface area contributed by atoms with Gasteiger partial charge in [0.15, 0.2) is 0 Å². The molecule has 4 rings (SSSR count). The van der Waals surface area contributed by atoms with E-state index in [1.54, 1.807) is 24.3 Å². The van der Waals surface area contributed by atoms with E-state index in [-0.39, 0.29) is 23.5 Å². The number of halogens is 2. The van der Waals surface area contributed by atoms with Crippen LogP contribution in [0.15, 0.2) is 48.5 Å². The maximum Gasteiger partial charge on any atom is 0.233 e. The van der Waals surface area contributed by atoms with Crippen molar-refractivity contribution >= 4 is 29.2 Å². The lowest BCUT2D eigenvalue weighted by molar-refractivity contribution is 0.628. The predicted octanol–water partition coefficient (Wildman–Crippen LogP) is 4.24. The summed E-state index contributed by atoms with van der Waals surface area (Å²) in [6.45, 7) is 1.73. The van der Waals surface area contributed by atoms with Crippen molar-refractivity contribution in [3.8, 4) is 0 Å². The summed E-state index contributed by atoms with van der Waals surface area (Å²) >= 11 is 0. The van der Waals surface area contributed by atoms with Crippen molar-refractivity contribution in [1.82, 2.24) is 15.0 Å². The summed E-state index contributed by atoms with van der Waals surface area (Å²) in [6, 6.07) is 12.1. The van der Waals surface area contributed by atoms with Crippen molar-refractivity contribution in [3.05, 3.63) is 60.2 Å². The zero-order chi connectivity index (χ0) is 18.6. The fourth-order valence-electron chi connectivity index (χ4n) is 2.93. The Balaban J connectivity index is 1.66. The highest BCUT2D eigenvalue weighted by Gasteiger charge is 2.18. The van der Waals surface area contributed by atoms with Gasteiger partial charge in [-0.05, 0) is 49.2 Å². The highest BCUT2D eigenvalue weighted by Crippen LogP contribution is 2.23. The van der Waals surface area contributed by atoms with Gasteiger partial charge in [-0.25, -0.2) is 8.78 Å². The highest BCUT2D eigenvalue weighted by atomic mass is 19.1. The van der Waals surface area contributed by atoms with Crippen molar-refractivity contribution < 1.29 is 8.78 Å². The van der Waals surface area contributed by atoms with Gasteiger partial charge in [0.2, 0.25) is 17.8 Å². The Morgan fingerprint density at radius 2 is 1.26 bits per heavy atom. The minimum Gasteiger partial charge on any atom is -0.341 e. The van der Waals surface area contributed by atoms with E-state index in [0.717, 1.165) is 25.9 Å². The van der Waals surface area contributed by atoms with E-state index in [1.165, 1.54) is 24.3 Å². The Hall–Kier alpha value is -3.29. The molecular weight excluding hydrogens is 350 g/mol. The average molecular weight is 368 g/mol. The van der Waals surface area contributed by atoms with Crippen LogP contribution < -0.4 is 15.5 Å². The van der Waals surface area contributed by atoms with Crippen LogP contribution in [0.4, 0.5) is 38.0 Å². The molecule has 0 spiro atoms. The normalized spacial score (nSPS) is 13.6. The van der Waals surface area contributed by atoms with E-state index >= 15 is 0 Å². The molecule has 8 heteroatoms. The Labute approximate surface area is 155 Å². The maximum atomic E-state index is 13.5.